The molecule has 0 fully saturated rings. The molecule has 0 saturated heterocycles. The van der Waals surface area contributed by atoms with Crippen molar-refractivity contribution in [3.8, 4) is 11.5 Å². The number of aromatic amines is 1. The van der Waals surface area contributed by atoms with E-state index in [1.807, 2.05) is 0 Å². The van der Waals surface area contributed by atoms with Crippen LogP contribution in [0.15, 0.2) is 12.1 Å². The molecule has 1 aromatic heterocycles. The summed E-state index contributed by atoms with van der Waals surface area (Å²) < 4.78 is 12.8. The van der Waals surface area contributed by atoms with Crippen molar-refractivity contribution >= 4 is 29.7 Å². The number of primary amides is 1. The van der Waals surface area contributed by atoms with Gasteiger partial charge in [-0.05, 0) is 36.3 Å². The minimum absolute atomic E-state index is 0.276. The van der Waals surface area contributed by atoms with Gasteiger partial charge in [-0.25, -0.2) is 4.68 Å². The van der Waals surface area contributed by atoms with Crippen molar-refractivity contribution in [2.75, 3.05) is 19.1 Å². The van der Waals surface area contributed by atoms with E-state index in [9.17, 15) is 4.79 Å². The number of hydrogen-bond acceptors (Lipinski definition) is 6. The van der Waals surface area contributed by atoms with E-state index in [-0.39, 0.29) is 12.4 Å². The molecule has 0 spiro atoms. The van der Waals surface area contributed by atoms with Crippen LogP contribution in [0.4, 0.5) is 0 Å². The van der Waals surface area contributed by atoms with E-state index in [2.05, 4.69) is 22.5 Å². The van der Waals surface area contributed by atoms with Gasteiger partial charge in [0, 0.05) is 6.42 Å². The summed E-state index contributed by atoms with van der Waals surface area (Å²) in [6.45, 7) is 2.23. The van der Waals surface area contributed by atoms with Crippen molar-refractivity contribution in [2.45, 2.75) is 26.3 Å². The molecule has 0 saturated carbocycles. The summed E-state index contributed by atoms with van der Waals surface area (Å²) in [6, 6.07) is 3.48. The van der Waals surface area contributed by atoms with Crippen LogP contribution < -0.4 is 20.6 Å². The van der Waals surface area contributed by atoms with E-state index in [4.69, 9.17) is 39.0 Å². The Morgan fingerprint density at radius 3 is 2.92 bits per heavy atom. The molecule has 0 atom stereocenters. The first-order valence-corrected chi connectivity index (χ1v) is 8.42. The maximum atomic E-state index is 10.9. The molecule has 1 aromatic carbocycles. The zero-order valence-electron chi connectivity index (χ0n) is 14.0. The Balaban J connectivity index is 2.18. The number of aromatic nitrogens is 3. The number of nitrogens with one attached hydrogen (secondary N) is 2. The van der Waals surface area contributed by atoms with Crippen LogP contribution in [0.5, 0.6) is 11.5 Å². The van der Waals surface area contributed by atoms with Gasteiger partial charge in [0.15, 0.2) is 23.9 Å². The smallest absolute Gasteiger partial charge is 0.255 e. The third-order valence-corrected chi connectivity index (χ3v) is 3.86. The van der Waals surface area contributed by atoms with Gasteiger partial charge in [0.25, 0.3) is 5.91 Å². The van der Waals surface area contributed by atoms with Crippen molar-refractivity contribution < 1.29 is 14.3 Å². The standard InChI is InChI=1S/C15H20ClN5O3S/c1-3-4-13-19-20-15(25)21(13)18-7-9-5-10(16)14(11(6-9)23-2)24-8-12(17)22/h5-6,18H,3-4,7-8H2,1-2H3,(H2,17,22)(H,20,25). The number of ether oxygens (including phenoxy) is 2. The van der Waals surface area contributed by atoms with Gasteiger partial charge < -0.3 is 20.6 Å². The largest absolute Gasteiger partial charge is 0.493 e. The molecule has 0 aliphatic rings. The third-order valence-electron chi connectivity index (χ3n) is 3.30. The monoisotopic (exact) mass is 385 g/mol. The van der Waals surface area contributed by atoms with Crippen molar-refractivity contribution in [2.24, 2.45) is 5.73 Å². The first-order chi connectivity index (χ1) is 12.0. The van der Waals surface area contributed by atoms with Crippen LogP contribution in [0.1, 0.15) is 24.7 Å². The van der Waals surface area contributed by atoms with Crippen LogP contribution in [0.25, 0.3) is 0 Å². The second-order valence-electron chi connectivity index (χ2n) is 5.23. The number of amides is 1. The molecule has 0 bridgehead atoms. The minimum Gasteiger partial charge on any atom is -0.493 e. The van der Waals surface area contributed by atoms with Gasteiger partial charge in [-0.3, -0.25) is 9.89 Å². The number of rotatable bonds is 9. The molecule has 4 N–H and O–H groups in total. The number of nitrogens with two attached hydrogens (primary N) is 1. The number of hydrogen-bond donors (Lipinski definition) is 3. The van der Waals surface area contributed by atoms with Crippen molar-refractivity contribution in [3.63, 3.8) is 0 Å². The van der Waals surface area contributed by atoms with E-state index in [0.717, 1.165) is 24.2 Å². The predicted molar refractivity (Wildman–Crippen MR) is 97.2 cm³/mol. The van der Waals surface area contributed by atoms with Gasteiger partial charge in [-0.15, -0.1) is 0 Å². The Kier molecular flexibility index (Phi) is 6.65. The highest BCUT2D eigenvalue weighted by Gasteiger charge is 2.13. The average Bonchev–Trinajstić information content (AvgIpc) is 2.91. The van der Waals surface area contributed by atoms with Gasteiger partial charge in [0.1, 0.15) is 0 Å². The molecule has 0 aliphatic carbocycles. The summed E-state index contributed by atoms with van der Waals surface area (Å²) >= 11 is 11.5. The number of carbonyl (C=O) groups excluding carboxylic acids is 1. The Bertz CT molecular complexity index is 805. The molecule has 0 unspecified atom stereocenters. The Morgan fingerprint density at radius 1 is 1.52 bits per heavy atom. The van der Waals surface area contributed by atoms with Gasteiger partial charge in [-0.2, -0.15) is 5.10 Å². The Labute approximate surface area is 155 Å². The van der Waals surface area contributed by atoms with Crippen LogP contribution >= 0.6 is 23.8 Å². The number of aryl methyl sites for hydroxylation is 1. The lowest BCUT2D eigenvalue weighted by molar-refractivity contribution is -0.119. The van der Waals surface area contributed by atoms with Crippen molar-refractivity contribution in [3.05, 3.63) is 33.3 Å². The number of methoxy groups -OCH3 is 1. The first kappa shape index (κ1) is 19.1. The van der Waals surface area contributed by atoms with Crippen molar-refractivity contribution in [1.82, 2.24) is 14.9 Å². The Morgan fingerprint density at radius 2 is 2.28 bits per heavy atom. The number of benzene rings is 1. The summed E-state index contributed by atoms with van der Waals surface area (Å²) in [6.07, 6.45) is 1.75. The molecular weight excluding hydrogens is 366 g/mol. The van der Waals surface area contributed by atoms with Crippen LogP contribution in [0, 0.1) is 4.77 Å². The van der Waals surface area contributed by atoms with Crippen LogP contribution in [0.3, 0.4) is 0 Å². The quantitative estimate of drug-likeness (QED) is 0.571. The average molecular weight is 386 g/mol. The topological polar surface area (TPSA) is 107 Å². The van der Waals surface area contributed by atoms with Crippen molar-refractivity contribution in [1.29, 1.82) is 0 Å². The van der Waals surface area contributed by atoms with Crippen LogP contribution in [0.2, 0.25) is 5.02 Å². The first-order valence-electron chi connectivity index (χ1n) is 7.64. The fraction of sp³-hybridized carbons (Fsp3) is 0.400. The number of carbonyl (C=O) groups is 1. The zero-order chi connectivity index (χ0) is 18.4. The molecule has 0 aliphatic heterocycles. The van der Waals surface area contributed by atoms with Gasteiger partial charge in [0.2, 0.25) is 4.77 Å². The lowest BCUT2D eigenvalue weighted by atomic mass is 10.2. The highest BCUT2D eigenvalue weighted by molar-refractivity contribution is 7.71. The van der Waals surface area contributed by atoms with Crippen LogP contribution in [-0.4, -0.2) is 34.5 Å². The fourth-order valence-electron chi connectivity index (χ4n) is 2.21. The summed E-state index contributed by atoms with van der Waals surface area (Å²) in [4.78, 5) is 10.9. The number of halogens is 1. The lowest BCUT2D eigenvalue weighted by Crippen LogP contribution is -2.20. The summed E-state index contributed by atoms with van der Waals surface area (Å²) in [5.74, 6) is 0.919. The fourth-order valence-corrected chi connectivity index (χ4v) is 2.72. The molecule has 8 nitrogen and oxygen atoms in total. The van der Waals surface area contributed by atoms with E-state index < -0.39 is 5.91 Å². The Hall–Kier alpha value is -2.26. The molecule has 10 heteroatoms. The zero-order valence-corrected chi connectivity index (χ0v) is 15.5. The van der Waals surface area contributed by atoms with E-state index in [1.54, 1.807) is 16.8 Å². The molecule has 1 amide bonds. The second kappa shape index (κ2) is 8.72. The van der Waals surface area contributed by atoms with E-state index in [0.29, 0.717) is 22.1 Å². The van der Waals surface area contributed by atoms with Crippen LogP contribution in [-0.2, 0) is 17.8 Å². The second-order valence-corrected chi connectivity index (χ2v) is 6.02. The molecule has 25 heavy (non-hydrogen) atoms. The van der Waals surface area contributed by atoms with Gasteiger partial charge in [-0.1, -0.05) is 18.5 Å². The summed E-state index contributed by atoms with van der Waals surface area (Å²) in [7, 11) is 1.49. The van der Waals surface area contributed by atoms with Gasteiger partial charge in [0.05, 0.1) is 18.7 Å². The maximum absolute atomic E-state index is 10.9. The maximum Gasteiger partial charge on any atom is 0.255 e. The normalized spacial score (nSPS) is 10.5. The molecule has 136 valence electrons. The molecule has 2 aromatic rings. The molecule has 2 rings (SSSR count). The molecular formula is C15H20ClN5O3S. The SMILES string of the molecule is CCCc1n[nH]c(=S)n1NCc1cc(Cl)c(OCC(N)=O)c(OC)c1. The summed E-state index contributed by atoms with van der Waals surface area (Å²) in [5.41, 5.74) is 9.13. The molecule has 0 radical (unpaired) electrons. The lowest BCUT2D eigenvalue weighted by Gasteiger charge is -2.15. The van der Waals surface area contributed by atoms with E-state index in [1.165, 1.54) is 7.11 Å². The number of H-pyrrole nitrogens is 1. The summed E-state index contributed by atoms with van der Waals surface area (Å²) in [5, 5.41) is 7.28. The minimum atomic E-state index is -0.596. The third kappa shape index (κ3) is 4.86. The highest BCUT2D eigenvalue weighted by atomic mass is 35.5. The van der Waals surface area contributed by atoms with Gasteiger partial charge >= 0.3 is 0 Å². The predicted octanol–water partition coefficient (Wildman–Crippen LogP) is 2.16. The van der Waals surface area contributed by atoms with E-state index >= 15 is 0 Å². The number of nitrogens with zero attached hydrogens (tertiary/aromatic N) is 2. The highest BCUT2D eigenvalue weighted by Crippen LogP contribution is 2.36. The molecule has 1 heterocycles.